The Hall–Kier alpha value is -1.40. The number of hydrogen-bond acceptors (Lipinski definition) is 4. The van der Waals surface area contributed by atoms with Crippen molar-refractivity contribution in [3.63, 3.8) is 0 Å². The molecule has 100 valence electrons. The van der Waals surface area contributed by atoms with E-state index in [0.717, 1.165) is 6.07 Å². The molecular weight excluding hydrogens is 270 g/mol. The van der Waals surface area contributed by atoms with Gasteiger partial charge in [0.1, 0.15) is 0 Å². The molecule has 0 aliphatic rings. The monoisotopic (exact) mass is 280 g/mol. The van der Waals surface area contributed by atoms with Crippen LogP contribution >= 0.6 is 11.6 Å². The summed E-state index contributed by atoms with van der Waals surface area (Å²) in [5.74, 6) is -3.83. The lowest BCUT2D eigenvalue weighted by Crippen LogP contribution is -2.15. The average Bonchev–Trinajstić information content (AvgIpc) is 2.33. The second-order valence-electron chi connectivity index (χ2n) is 3.21. The highest BCUT2D eigenvalue weighted by atomic mass is 35.5. The highest BCUT2D eigenvalue weighted by molar-refractivity contribution is 6.31. The molecule has 1 aromatic carbocycles. The number of esters is 1. The number of carbonyl (C=O) groups excluding carboxylic acids is 1. The molecule has 0 aromatic heterocycles. The summed E-state index contributed by atoms with van der Waals surface area (Å²) in [6, 6.07) is 0.991. The normalized spacial score (nSPS) is 10.3. The molecule has 0 heterocycles. The van der Waals surface area contributed by atoms with Gasteiger partial charge in [0.25, 0.3) is 0 Å². The van der Waals surface area contributed by atoms with E-state index in [1.807, 2.05) is 0 Å². The molecular formula is C11H11ClF2O4. The van der Waals surface area contributed by atoms with Gasteiger partial charge in [-0.25, -0.2) is 9.18 Å². The summed E-state index contributed by atoms with van der Waals surface area (Å²) < 4.78 is 36.1. The van der Waals surface area contributed by atoms with E-state index in [0.29, 0.717) is 0 Å². The highest BCUT2D eigenvalue weighted by Gasteiger charge is 2.18. The second-order valence-corrected chi connectivity index (χ2v) is 3.62. The topological polar surface area (TPSA) is 55.8 Å². The van der Waals surface area contributed by atoms with Crippen LogP contribution in [0.3, 0.4) is 0 Å². The molecule has 1 aromatic rings. The molecule has 0 atom stereocenters. The Morgan fingerprint density at radius 1 is 1.44 bits per heavy atom. The van der Waals surface area contributed by atoms with Crippen molar-refractivity contribution in [2.24, 2.45) is 0 Å². The van der Waals surface area contributed by atoms with Gasteiger partial charge in [-0.05, 0) is 6.92 Å². The third kappa shape index (κ3) is 3.30. The van der Waals surface area contributed by atoms with E-state index >= 15 is 0 Å². The van der Waals surface area contributed by atoms with Crippen molar-refractivity contribution in [1.82, 2.24) is 0 Å². The van der Waals surface area contributed by atoms with Gasteiger partial charge in [0.2, 0.25) is 5.82 Å². The molecule has 0 bridgehead atoms. The number of carbonyl (C=O) groups is 1. The standard InChI is InChI=1S/C11H11ClF2O4/c1-2-17-9(16)5-18-8-3-7(12)6(4-15)10(13)11(8)14/h3,15H,2,4-5H2,1H3. The highest BCUT2D eigenvalue weighted by Crippen LogP contribution is 2.29. The Bertz CT molecular complexity index is 451. The SMILES string of the molecule is CCOC(=O)COc1cc(Cl)c(CO)c(F)c1F. The lowest BCUT2D eigenvalue weighted by molar-refractivity contribution is -0.145. The van der Waals surface area contributed by atoms with Gasteiger partial charge in [0.05, 0.1) is 18.2 Å². The minimum atomic E-state index is -1.31. The third-order valence-electron chi connectivity index (χ3n) is 2.03. The fraction of sp³-hybridized carbons (Fsp3) is 0.364. The van der Waals surface area contributed by atoms with Crippen LogP contribution in [0, 0.1) is 11.6 Å². The molecule has 0 spiro atoms. The number of benzene rings is 1. The van der Waals surface area contributed by atoms with Crippen molar-refractivity contribution in [1.29, 1.82) is 0 Å². The molecule has 0 aliphatic heterocycles. The number of ether oxygens (including phenoxy) is 2. The van der Waals surface area contributed by atoms with Crippen molar-refractivity contribution < 1.29 is 28.2 Å². The molecule has 18 heavy (non-hydrogen) atoms. The first kappa shape index (κ1) is 14.7. The van der Waals surface area contributed by atoms with Crippen LogP contribution in [0.5, 0.6) is 5.75 Å². The summed E-state index contributed by atoms with van der Waals surface area (Å²) in [4.78, 5) is 11.0. The number of aliphatic hydroxyl groups excluding tert-OH is 1. The van der Waals surface area contributed by atoms with Crippen molar-refractivity contribution in [3.8, 4) is 5.75 Å². The van der Waals surface area contributed by atoms with Crippen molar-refractivity contribution in [2.75, 3.05) is 13.2 Å². The molecule has 0 saturated carbocycles. The van der Waals surface area contributed by atoms with Crippen molar-refractivity contribution >= 4 is 17.6 Å². The number of halogens is 3. The van der Waals surface area contributed by atoms with Gasteiger partial charge in [-0.2, -0.15) is 4.39 Å². The van der Waals surface area contributed by atoms with Gasteiger partial charge in [0, 0.05) is 11.6 Å². The van der Waals surface area contributed by atoms with Crippen LogP contribution in [0.1, 0.15) is 12.5 Å². The predicted molar refractivity (Wildman–Crippen MR) is 59.4 cm³/mol. The number of hydrogen-bond donors (Lipinski definition) is 1. The van der Waals surface area contributed by atoms with Gasteiger partial charge < -0.3 is 14.6 Å². The Balaban J connectivity index is 2.88. The molecule has 0 saturated heterocycles. The van der Waals surface area contributed by atoms with Gasteiger partial charge in [-0.1, -0.05) is 11.6 Å². The molecule has 0 amide bonds. The maximum Gasteiger partial charge on any atom is 0.344 e. The average molecular weight is 281 g/mol. The first-order valence-corrected chi connectivity index (χ1v) is 5.44. The lowest BCUT2D eigenvalue weighted by atomic mass is 10.2. The molecule has 7 heteroatoms. The van der Waals surface area contributed by atoms with E-state index in [2.05, 4.69) is 4.74 Å². The van der Waals surface area contributed by atoms with Gasteiger partial charge in [-0.15, -0.1) is 0 Å². The van der Waals surface area contributed by atoms with Crippen molar-refractivity contribution in [2.45, 2.75) is 13.5 Å². The van der Waals surface area contributed by atoms with E-state index in [-0.39, 0.29) is 17.2 Å². The van der Waals surface area contributed by atoms with Crippen LogP contribution in [0.4, 0.5) is 8.78 Å². The summed E-state index contributed by atoms with van der Waals surface area (Å²) >= 11 is 5.62. The second kappa shape index (κ2) is 6.51. The van der Waals surface area contributed by atoms with Crippen LogP contribution < -0.4 is 4.74 Å². The lowest BCUT2D eigenvalue weighted by Gasteiger charge is -2.10. The quantitative estimate of drug-likeness (QED) is 0.662. The van der Waals surface area contributed by atoms with Gasteiger partial charge in [-0.3, -0.25) is 0 Å². The smallest absolute Gasteiger partial charge is 0.344 e. The fourth-order valence-corrected chi connectivity index (χ4v) is 1.44. The summed E-state index contributed by atoms with van der Waals surface area (Å²) in [5, 5.41) is 8.61. The molecule has 0 radical (unpaired) electrons. The predicted octanol–water partition coefficient (Wildman–Crippen LogP) is 2.05. The molecule has 0 aliphatic carbocycles. The van der Waals surface area contributed by atoms with E-state index < -0.39 is 36.6 Å². The molecule has 4 nitrogen and oxygen atoms in total. The Kier molecular flexibility index (Phi) is 5.30. The molecule has 0 fully saturated rings. The van der Waals surface area contributed by atoms with Gasteiger partial charge in [0.15, 0.2) is 18.2 Å². The first-order chi connectivity index (χ1) is 8.51. The zero-order valence-corrected chi connectivity index (χ0v) is 10.3. The summed E-state index contributed by atoms with van der Waals surface area (Å²) in [6.07, 6.45) is 0. The Morgan fingerprint density at radius 2 is 2.11 bits per heavy atom. The fourth-order valence-electron chi connectivity index (χ4n) is 1.20. The molecule has 1 rings (SSSR count). The van der Waals surface area contributed by atoms with E-state index in [9.17, 15) is 13.6 Å². The Morgan fingerprint density at radius 3 is 2.67 bits per heavy atom. The molecule has 1 N–H and O–H groups in total. The minimum Gasteiger partial charge on any atom is -0.479 e. The summed E-state index contributed by atoms with van der Waals surface area (Å²) in [7, 11) is 0. The zero-order chi connectivity index (χ0) is 13.7. The van der Waals surface area contributed by atoms with E-state index in [1.54, 1.807) is 6.92 Å². The van der Waals surface area contributed by atoms with Crippen LogP contribution in [-0.2, 0) is 16.1 Å². The summed E-state index contributed by atoms with van der Waals surface area (Å²) in [5.41, 5.74) is -0.363. The number of rotatable bonds is 5. The van der Waals surface area contributed by atoms with Crippen LogP contribution in [0.25, 0.3) is 0 Å². The zero-order valence-electron chi connectivity index (χ0n) is 9.50. The van der Waals surface area contributed by atoms with Crippen molar-refractivity contribution in [3.05, 3.63) is 28.3 Å². The van der Waals surface area contributed by atoms with Gasteiger partial charge >= 0.3 is 5.97 Å². The Labute approximate surface area is 107 Å². The number of aliphatic hydroxyl groups is 1. The largest absolute Gasteiger partial charge is 0.479 e. The van der Waals surface area contributed by atoms with Crippen LogP contribution in [-0.4, -0.2) is 24.3 Å². The minimum absolute atomic E-state index is 0.156. The van der Waals surface area contributed by atoms with Crippen LogP contribution in [0.2, 0.25) is 5.02 Å². The maximum absolute atomic E-state index is 13.4. The summed E-state index contributed by atoms with van der Waals surface area (Å²) in [6.45, 7) is 0.465. The molecule has 0 unspecified atom stereocenters. The third-order valence-corrected chi connectivity index (χ3v) is 2.37. The van der Waals surface area contributed by atoms with E-state index in [1.165, 1.54) is 0 Å². The first-order valence-electron chi connectivity index (χ1n) is 5.06. The van der Waals surface area contributed by atoms with Crippen LogP contribution in [0.15, 0.2) is 6.07 Å². The van der Waals surface area contributed by atoms with E-state index in [4.69, 9.17) is 21.4 Å². The maximum atomic E-state index is 13.4.